The molecule has 284 valence electrons. The number of hydrogen-bond donors (Lipinski definition) is 2. The molecule has 2 fully saturated rings. The zero-order valence-corrected chi connectivity index (χ0v) is 29.7. The molecule has 3 atom stereocenters. The summed E-state index contributed by atoms with van der Waals surface area (Å²) in [6.07, 6.45) is 2.57. The number of carbonyl (C=O) groups is 2. The van der Waals surface area contributed by atoms with Gasteiger partial charge in [0.2, 0.25) is 11.8 Å². The number of carbonyl (C=O) groups excluding carboxylic acids is 2. The summed E-state index contributed by atoms with van der Waals surface area (Å²) in [5, 5.41) is 20.6. The molecular formula is C34H33ClF5N11O3. The number of benzene rings is 1. The van der Waals surface area contributed by atoms with Gasteiger partial charge in [0.05, 0.1) is 35.6 Å². The number of aromatic amines is 1. The van der Waals surface area contributed by atoms with E-state index in [0.717, 1.165) is 28.1 Å². The SMILES string of the molecule is Cn1cc(-c2ccc([C@H]3C[C@@]34CCN([C@H](Cc3cnn(C(F)F)c3)C(=O)NC(C)(C)Cn3nc(C(F)(F)F)cc3-c3cn[nH]n3)C4=O)c(Cl)c2)cnc1=O. The topological polar surface area (TPSA) is 162 Å². The average molecular weight is 774 g/mol. The molecule has 1 aliphatic heterocycles. The largest absolute Gasteiger partial charge is 0.435 e. The number of amides is 2. The van der Waals surface area contributed by atoms with Crippen LogP contribution in [0.5, 0.6) is 0 Å². The highest BCUT2D eigenvalue weighted by Gasteiger charge is 2.65. The van der Waals surface area contributed by atoms with E-state index in [9.17, 15) is 36.3 Å². The maximum atomic E-state index is 14.3. The van der Waals surface area contributed by atoms with Gasteiger partial charge in [-0.05, 0) is 55.5 Å². The highest BCUT2D eigenvalue weighted by molar-refractivity contribution is 6.31. The van der Waals surface area contributed by atoms with Gasteiger partial charge >= 0.3 is 18.4 Å². The fraction of sp³-hybridized carbons (Fsp3) is 0.412. The Balaban J connectivity index is 1.13. The standard InChI is InChI=1S/C34H33ClF5N11O3/c1-32(2,17-51-25(24-14-42-47-45-24)10-27(46-51)34(38,39)40)44-28(52)26(8-18-12-43-50(15-18)30(36)37)49-7-6-33(29(49)53)11-22(33)21-5-4-19(9-23(21)35)20-13-41-31(54)48(3)16-20/h4-5,9-10,12-16,22,26,30H,6-8,11,17H2,1-3H3,(H,44,52)(H,42,45,47)/t22-,26-,33+/m1/s1. The second-order valence-corrected chi connectivity index (χ2v) is 14.7. The number of halogens is 6. The Hall–Kier alpha value is -5.46. The van der Waals surface area contributed by atoms with E-state index in [0.29, 0.717) is 28.1 Å². The molecule has 1 spiro atoms. The van der Waals surface area contributed by atoms with Crippen molar-refractivity contribution in [2.24, 2.45) is 12.5 Å². The van der Waals surface area contributed by atoms with Crippen LogP contribution in [0, 0.1) is 5.41 Å². The Kier molecular flexibility index (Phi) is 9.18. The van der Waals surface area contributed by atoms with Crippen molar-refractivity contribution in [3.63, 3.8) is 0 Å². The molecule has 0 radical (unpaired) electrons. The first-order valence-corrected chi connectivity index (χ1v) is 17.1. The summed E-state index contributed by atoms with van der Waals surface area (Å²) in [5.74, 6) is -1.20. The number of H-pyrrole nitrogens is 1. The normalized spacial score (nSPS) is 19.3. The minimum absolute atomic E-state index is 0.00327. The smallest absolute Gasteiger partial charge is 0.348 e. The van der Waals surface area contributed by atoms with Gasteiger partial charge in [-0.1, -0.05) is 23.7 Å². The van der Waals surface area contributed by atoms with Crippen LogP contribution in [0.2, 0.25) is 5.02 Å². The zero-order valence-electron chi connectivity index (χ0n) is 29.0. The van der Waals surface area contributed by atoms with Crippen molar-refractivity contribution in [2.75, 3.05) is 6.54 Å². The Morgan fingerprint density at radius 1 is 1.11 bits per heavy atom. The second-order valence-electron chi connectivity index (χ2n) is 14.3. The monoisotopic (exact) mass is 773 g/mol. The van der Waals surface area contributed by atoms with Crippen molar-refractivity contribution in [3.8, 4) is 22.5 Å². The van der Waals surface area contributed by atoms with Gasteiger partial charge in [-0.25, -0.2) is 14.5 Å². The lowest BCUT2D eigenvalue weighted by Gasteiger charge is -2.33. The third kappa shape index (κ3) is 6.99. The molecular weight excluding hydrogens is 741 g/mol. The number of rotatable bonds is 11. The molecule has 0 bridgehead atoms. The van der Waals surface area contributed by atoms with E-state index >= 15 is 0 Å². The lowest BCUT2D eigenvalue weighted by Crippen LogP contribution is -2.56. The minimum Gasteiger partial charge on any atom is -0.348 e. The number of aryl methyl sites for hydroxylation is 1. The first-order chi connectivity index (χ1) is 25.5. The fourth-order valence-electron chi connectivity index (χ4n) is 7.18. The van der Waals surface area contributed by atoms with Gasteiger partial charge in [-0.2, -0.15) is 47.6 Å². The molecule has 5 heterocycles. The van der Waals surface area contributed by atoms with Gasteiger partial charge in [0, 0.05) is 55.1 Å². The third-order valence-electron chi connectivity index (χ3n) is 9.94. The van der Waals surface area contributed by atoms with Crippen LogP contribution in [-0.4, -0.2) is 79.4 Å². The molecule has 0 unspecified atom stereocenters. The molecule has 1 saturated heterocycles. The molecule has 4 aromatic heterocycles. The van der Waals surface area contributed by atoms with Crippen LogP contribution in [0.15, 0.2) is 60.0 Å². The van der Waals surface area contributed by atoms with Crippen LogP contribution in [0.3, 0.4) is 0 Å². The molecule has 7 rings (SSSR count). The number of likely N-dealkylation sites (tertiary alicyclic amines) is 1. The molecule has 1 aliphatic carbocycles. The van der Waals surface area contributed by atoms with Crippen molar-refractivity contribution in [1.29, 1.82) is 0 Å². The summed E-state index contributed by atoms with van der Waals surface area (Å²) in [5.41, 5.74) is -1.14. The predicted octanol–water partition coefficient (Wildman–Crippen LogP) is 4.61. The maximum absolute atomic E-state index is 14.3. The van der Waals surface area contributed by atoms with E-state index in [1.165, 1.54) is 28.1 Å². The number of nitrogens with zero attached hydrogens (tertiary/aromatic N) is 9. The van der Waals surface area contributed by atoms with Crippen molar-refractivity contribution in [1.82, 2.24) is 54.7 Å². The van der Waals surface area contributed by atoms with Crippen LogP contribution in [0.1, 0.15) is 56.0 Å². The van der Waals surface area contributed by atoms with Crippen LogP contribution in [-0.2, 0) is 35.8 Å². The van der Waals surface area contributed by atoms with Crippen LogP contribution < -0.4 is 11.0 Å². The van der Waals surface area contributed by atoms with Gasteiger partial charge in [0.1, 0.15) is 11.7 Å². The van der Waals surface area contributed by atoms with Gasteiger partial charge in [0.25, 0.3) is 0 Å². The second kappa shape index (κ2) is 13.4. The maximum Gasteiger partial charge on any atom is 0.435 e. The third-order valence-corrected chi connectivity index (χ3v) is 10.3. The van der Waals surface area contributed by atoms with Crippen molar-refractivity contribution < 1.29 is 31.5 Å². The summed E-state index contributed by atoms with van der Waals surface area (Å²) < 4.78 is 70.7. The van der Waals surface area contributed by atoms with E-state index in [-0.39, 0.29) is 48.3 Å². The zero-order chi connectivity index (χ0) is 38.7. The summed E-state index contributed by atoms with van der Waals surface area (Å²) in [4.78, 5) is 45.5. The summed E-state index contributed by atoms with van der Waals surface area (Å²) >= 11 is 6.76. The molecule has 14 nitrogen and oxygen atoms in total. The van der Waals surface area contributed by atoms with E-state index in [2.05, 4.69) is 35.9 Å². The molecule has 2 aliphatic rings. The van der Waals surface area contributed by atoms with Gasteiger partial charge < -0.3 is 14.8 Å². The Labute approximate surface area is 308 Å². The minimum atomic E-state index is -4.76. The quantitative estimate of drug-likeness (QED) is 0.184. The van der Waals surface area contributed by atoms with E-state index in [1.54, 1.807) is 33.2 Å². The van der Waals surface area contributed by atoms with Crippen LogP contribution >= 0.6 is 11.6 Å². The first kappa shape index (κ1) is 36.9. The lowest BCUT2D eigenvalue weighted by atomic mass is 9.96. The molecule has 2 N–H and O–H groups in total. The molecule has 54 heavy (non-hydrogen) atoms. The number of alkyl halides is 5. The summed E-state index contributed by atoms with van der Waals surface area (Å²) in [6.45, 7) is 0.181. The Bertz CT molecular complexity index is 2280. The predicted molar refractivity (Wildman–Crippen MR) is 182 cm³/mol. The van der Waals surface area contributed by atoms with Crippen molar-refractivity contribution in [2.45, 2.75) is 69.9 Å². The summed E-state index contributed by atoms with van der Waals surface area (Å²) in [7, 11) is 1.59. The van der Waals surface area contributed by atoms with Gasteiger partial charge in [-0.15, -0.1) is 0 Å². The van der Waals surface area contributed by atoms with Crippen molar-refractivity contribution in [3.05, 3.63) is 87.6 Å². The summed E-state index contributed by atoms with van der Waals surface area (Å²) in [6, 6.07) is 5.05. The molecule has 1 saturated carbocycles. The Morgan fingerprint density at radius 3 is 2.54 bits per heavy atom. The number of nitrogens with one attached hydrogen (secondary N) is 2. The molecule has 5 aromatic rings. The van der Waals surface area contributed by atoms with Gasteiger partial charge in [0.15, 0.2) is 5.69 Å². The highest BCUT2D eigenvalue weighted by Crippen LogP contribution is 2.66. The van der Waals surface area contributed by atoms with E-state index < -0.39 is 47.0 Å². The Morgan fingerprint density at radius 2 is 1.89 bits per heavy atom. The molecule has 1 aromatic carbocycles. The number of aromatic nitrogens is 9. The number of hydrogen-bond acceptors (Lipinski definition) is 8. The van der Waals surface area contributed by atoms with E-state index in [1.807, 2.05) is 12.1 Å². The molecule has 20 heteroatoms. The molecule has 2 amide bonds. The van der Waals surface area contributed by atoms with Crippen molar-refractivity contribution >= 4 is 23.4 Å². The van der Waals surface area contributed by atoms with E-state index in [4.69, 9.17) is 11.6 Å². The lowest BCUT2D eigenvalue weighted by molar-refractivity contribution is -0.141. The fourth-order valence-corrected chi connectivity index (χ4v) is 7.50. The van der Waals surface area contributed by atoms with Crippen LogP contribution in [0.4, 0.5) is 22.0 Å². The first-order valence-electron chi connectivity index (χ1n) is 16.7. The van der Waals surface area contributed by atoms with Gasteiger partial charge in [-0.3, -0.25) is 14.3 Å². The van der Waals surface area contributed by atoms with Crippen LogP contribution in [0.25, 0.3) is 22.5 Å². The average Bonchev–Trinajstić information content (AvgIpc) is 3.63. The highest BCUT2D eigenvalue weighted by atomic mass is 35.5.